The van der Waals surface area contributed by atoms with Crippen LogP contribution in [0.3, 0.4) is 0 Å². The van der Waals surface area contributed by atoms with Crippen LogP contribution in [0.2, 0.25) is 0 Å². The van der Waals surface area contributed by atoms with Crippen LogP contribution in [0.4, 0.5) is 5.82 Å². The highest BCUT2D eigenvalue weighted by atomic mass is 16.5. The number of anilines is 1. The van der Waals surface area contributed by atoms with E-state index in [2.05, 4.69) is 33.1 Å². The number of rotatable bonds is 4. The zero-order chi connectivity index (χ0) is 15.2. The number of hydrogen-bond acceptors (Lipinski definition) is 6. The molecule has 0 aromatic carbocycles. The fourth-order valence-electron chi connectivity index (χ4n) is 3.71. The Morgan fingerprint density at radius 3 is 3.05 bits per heavy atom. The first-order chi connectivity index (χ1) is 10.6. The second kappa shape index (κ2) is 5.44. The highest BCUT2D eigenvalue weighted by molar-refractivity contribution is 5.45. The highest BCUT2D eigenvalue weighted by Crippen LogP contribution is 2.27. The first-order valence-electron chi connectivity index (χ1n) is 8.24. The molecule has 6 nitrogen and oxygen atoms in total. The van der Waals surface area contributed by atoms with E-state index in [9.17, 15) is 5.11 Å². The van der Waals surface area contributed by atoms with E-state index in [1.165, 1.54) is 17.7 Å². The van der Waals surface area contributed by atoms with E-state index in [1.54, 1.807) is 0 Å². The predicted molar refractivity (Wildman–Crippen MR) is 83.1 cm³/mol. The third-order valence-corrected chi connectivity index (χ3v) is 5.24. The maximum atomic E-state index is 10.4. The van der Waals surface area contributed by atoms with Gasteiger partial charge in [0.1, 0.15) is 5.60 Å². The molecule has 3 aliphatic rings. The average molecular weight is 304 g/mol. The molecule has 1 N–H and O–H groups in total. The van der Waals surface area contributed by atoms with Crippen molar-refractivity contribution in [1.82, 2.24) is 15.1 Å². The molecule has 4 rings (SSSR count). The molecular formula is C16H24N4O2. The minimum Gasteiger partial charge on any atom is -0.386 e. The van der Waals surface area contributed by atoms with E-state index >= 15 is 0 Å². The largest absolute Gasteiger partial charge is 0.386 e. The van der Waals surface area contributed by atoms with Gasteiger partial charge in [-0.3, -0.25) is 4.90 Å². The van der Waals surface area contributed by atoms with E-state index in [-0.39, 0.29) is 0 Å². The van der Waals surface area contributed by atoms with E-state index in [0.29, 0.717) is 25.8 Å². The molecule has 0 bridgehead atoms. The number of aromatic nitrogens is 2. The van der Waals surface area contributed by atoms with Gasteiger partial charge in [-0.15, -0.1) is 5.10 Å². The van der Waals surface area contributed by atoms with Crippen molar-refractivity contribution in [3.63, 3.8) is 0 Å². The van der Waals surface area contributed by atoms with Crippen molar-refractivity contribution in [3.05, 3.63) is 17.3 Å². The van der Waals surface area contributed by atoms with Gasteiger partial charge in [-0.2, -0.15) is 5.10 Å². The van der Waals surface area contributed by atoms with Crippen LogP contribution in [0, 0.1) is 0 Å². The quantitative estimate of drug-likeness (QED) is 0.860. The molecule has 0 spiro atoms. The van der Waals surface area contributed by atoms with Crippen LogP contribution in [-0.2, 0) is 17.6 Å². The summed E-state index contributed by atoms with van der Waals surface area (Å²) in [5, 5.41) is 19.2. The SMILES string of the molecule is CN(CC1(O)CCOC1)C1CN(c2cc3c(nn2)CCC3)C1. The third kappa shape index (κ3) is 2.59. The van der Waals surface area contributed by atoms with Gasteiger partial charge >= 0.3 is 0 Å². The van der Waals surface area contributed by atoms with Gasteiger partial charge in [-0.05, 0) is 37.9 Å². The number of likely N-dealkylation sites (N-methyl/N-ethyl adjacent to an activating group) is 1. The summed E-state index contributed by atoms with van der Waals surface area (Å²) in [6.45, 7) is 3.74. The van der Waals surface area contributed by atoms with Crippen molar-refractivity contribution in [2.75, 3.05) is 44.8 Å². The van der Waals surface area contributed by atoms with Crippen LogP contribution < -0.4 is 4.90 Å². The first kappa shape index (κ1) is 14.4. The summed E-state index contributed by atoms with van der Waals surface area (Å²) in [6.07, 6.45) is 4.17. The zero-order valence-corrected chi connectivity index (χ0v) is 13.2. The zero-order valence-electron chi connectivity index (χ0n) is 13.2. The molecule has 1 atom stereocenters. The lowest BCUT2D eigenvalue weighted by molar-refractivity contribution is -0.0106. The van der Waals surface area contributed by atoms with Crippen molar-refractivity contribution in [1.29, 1.82) is 0 Å². The lowest BCUT2D eigenvalue weighted by Gasteiger charge is -2.46. The smallest absolute Gasteiger partial charge is 0.151 e. The van der Waals surface area contributed by atoms with Gasteiger partial charge in [-0.1, -0.05) is 0 Å². The van der Waals surface area contributed by atoms with E-state index in [4.69, 9.17) is 4.74 Å². The number of aliphatic hydroxyl groups is 1. The molecule has 0 radical (unpaired) electrons. The Bertz CT molecular complexity index is 553. The first-order valence-corrected chi connectivity index (χ1v) is 8.24. The van der Waals surface area contributed by atoms with Crippen LogP contribution in [0.1, 0.15) is 24.1 Å². The van der Waals surface area contributed by atoms with Gasteiger partial charge in [-0.25, -0.2) is 0 Å². The Labute approximate surface area is 131 Å². The summed E-state index contributed by atoms with van der Waals surface area (Å²) in [7, 11) is 2.09. The minimum absolute atomic E-state index is 0.462. The van der Waals surface area contributed by atoms with Gasteiger partial charge in [0.25, 0.3) is 0 Å². The fraction of sp³-hybridized carbons (Fsp3) is 0.750. The topological polar surface area (TPSA) is 61.7 Å². The predicted octanol–water partition coefficient (Wildman–Crippen LogP) is 0.237. The van der Waals surface area contributed by atoms with Crippen molar-refractivity contribution in [2.24, 2.45) is 0 Å². The Hall–Kier alpha value is -1.24. The van der Waals surface area contributed by atoms with Gasteiger partial charge in [0.15, 0.2) is 5.82 Å². The molecule has 0 saturated carbocycles. The third-order valence-electron chi connectivity index (χ3n) is 5.24. The van der Waals surface area contributed by atoms with Crippen molar-refractivity contribution >= 4 is 5.82 Å². The van der Waals surface area contributed by atoms with E-state index < -0.39 is 5.60 Å². The second-order valence-corrected chi connectivity index (χ2v) is 7.03. The van der Waals surface area contributed by atoms with Gasteiger partial charge in [0, 0.05) is 38.7 Å². The summed E-state index contributed by atoms with van der Waals surface area (Å²) in [5.41, 5.74) is 1.89. The number of ether oxygens (including phenoxy) is 1. The minimum atomic E-state index is -0.664. The maximum Gasteiger partial charge on any atom is 0.151 e. The Kier molecular flexibility index (Phi) is 3.55. The van der Waals surface area contributed by atoms with Crippen LogP contribution >= 0.6 is 0 Å². The number of aryl methyl sites for hydroxylation is 2. The van der Waals surface area contributed by atoms with Crippen LogP contribution in [-0.4, -0.2) is 71.7 Å². The normalized spacial score (nSPS) is 28.2. The lowest BCUT2D eigenvalue weighted by Crippen LogP contribution is -2.61. The summed E-state index contributed by atoms with van der Waals surface area (Å²) in [5.74, 6) is 1.01. The molecule has 2 aliphatic heterocycles. The molecule has 3 heterocycles. The van der Waals surface area contributed by atoms with Crippen molar-refractivity contribution in [2.45, 2.75) is 37.3 Å². The molecule has 6 heteroatoms. The van der Waals surface area contributed by atoms with Gasteiger partial charge in [0.2, 0.25) is 0 Å². The molecule has 22 heavy (non-hydrogen) atoms. The fourth-order valence-corrected chi connectivity index (χ4v) is 3.71. The van der Waals surface area contributed by atoms with Crippen LogP contribution in [0.5, 0.6) is 0 Å². The highest BCUT2D eigenvalue weighted by Gasteiger charge is 2.38. The molecule has 0 amide bonds. The molecular weight excluding hydrogens is 280 g/mol. The molecule has 1 aromatic rings. The van der Waals surface area contributed by atoms with Crippen molar-refractivity contribution in [3.8, 4) is 0 Å². The monoisotopic (exact) mass is 304 g/mol. The van der Waals surface area contributed by atoms with Gasteiger partial charge < -0.3 is 14.7 Å². The second-order valence-electron chi connectivity index (χ2n) is 7.03. The Morgan fingerprint density at radius 2 is 2.27 bits per heavy atom. The molecule has 1 aromatic heterocycles. The average Bonchev–Trinajstić information content (AvgIpc) is 3.05. The van der Waals surface area contributed by atoms with E-state index in [0.717, 1.165) is 38.2 Å². The standard InChI is InChI=1S/C16H24N4O2/c1-19(10-16(21)5-6-22-11-16)13-8-20(9-13)15-7-12-3-2-4-14(12)17-18-15/h7,13,21H,2-6,8-11H2,1H3. The molecule has 1 unspecified atom stereocenters. The molecule has 120 valence electrons. The Balaban J connectivity index is 1.33. The van der Waals surface area contributed by atoms with Gasteiger partial charge in [0.05, 0.1) is 12.3 Å². The molecule has 2 saturated heterocycles. The Morgan fingerprint density at radius 1 is 1.41 bits per heavy atom. The van der Waals surface area contributed by atoms with Crippen LogP contribution in [0.15, 0.2) is 6.07 Å². The number of hydrogen-bond donors (Lipinski definition) is 1. The summed E-state index contributed by atoms with van der Waals surface area (Å²) in [6, 6.07) is 2.68. The van der Waals surface area contributed by atoms with E-state index in [1.807, 2.05) is 0 Å². The number of fused-ring (bicyclic) bond motifs is 1. The summed E-state index contributed by atoms with van der Waals surface area (Å²) in [4.78, 5) is 4.54. The maximum absolute atomic E-state index is 10.4. The number of nitrogens with zero attached hydrogens (tertiary/aromatic N) is 4. The summed E-state index contributed by atoms with van der Waals surface area (Å²) < 4.78 is 5.32. The molecule has 1 aliphatic carbocycles. The molecule has 2 fully saturated rings. The van der Waals surface area contributed by atoms with Crippen LogP contribution in [0.25, 0.3) is 0 Å². The van der Waals surface area contributed by atoms with Crippen molar-refractivity contribution < 1.29 is 9.84 Å². The summed E-state index contributed by atoms with van der Waals surface area (Å²) >= 11 is 0. The lowest BCUT2D eigenvalue weighted by atomic mass is 10.00.